The topological polar surface area (TPSA) is 89.3 Å². The third-order valence-electron chi connectivity index (χ3n) is 4.60. The number of hydrogen-bond donors (Lipinski definition) is 2. The summed E-state index contributed by atoms with van der Waals surface area (Å²) in [5.41, 5.74) is 9.58. The molecule has 0 spiro atoms. The molecule has 1 aliphatic carbocycles. The van der Waals surface area contributed by atoms with E-state index >= 15 is 0 Å². The van der Waals surface area contributed by atoms with Crippen molar-refractivity contribution in [2.45, 2.75) is 57.5 Å². The Kier molecular flexibility index (Phi) is 7.90. The van der Waals surface area contributed by atoms with Gasteiger partial charge in [-0.25, -0.2) is 8.42 Å². The summed E-state index contributed by atoms with van der Waals surface area (Å²) in [5.74, 6) is 0.0948. The zero-order valence-corrected chi connectivity index (χ0v) is 16.8. The van der Waals surface area contributed by atoms with E-state index in [2.05, 4.69) is 37.4 Å². The zero-order valence-electron chi connectivity index (χ0n) is 15.1. The van der Waals surface area contributed by atoms with Gasteiger partial charge in [0.15, 0.2) is 0 Å². The zero-order chi connectivity index (χ0) is 17.9. The molecule has 0 saturated heterocycles. The number of nitrogens with two attached hydrogens (primary N) is 1. The normalized spacial score (nSPS) is 18.2. The van der Waals surface area contributed by atoms with Crippen LogP contribution < -0.4 is 11.1 Å². The maximum Gasteiger partial charge on any atom is 0.237 e. The molecule has 142 valence electrons. The maximum absolute atomic E-state index is 12.3. The first-order valence-electron chi connectivity index (χ1n) is 8.54. The molecule has 1 aromatic rings. The van der Waals surface area contributed by atoms with Crippen LogP contribution in [-0.4, -0.2) is 32.4 Å². The Hall–Kier alpha value is -1.11. The summed E-state index contributed by atoms with van der Waals surface area (Å²) in [6.07, 6.45) is 4.25. The summed E-state index contributed by atoms with van der Waals surface area (Å²) in [4.78, 5) is 12.3. The first kappa shape index (κ1) is 21.9. The van der Waals surface area contributed by atoms with E-state index in [0.29, 0.717) is 5.92 Å². The third kappa shape index (κ3) is 6.28. The molecule has 25 heavy (non-hydrogen) atoms. The highest BCUT2D eigenvalue weighted by atomic mass is 35.5. The molecule has 1 amide bonds. The van der Waals surface area contributed by atoms with Crippen molar-refractivity contribution in [3.05, 3.63) is 34.9 Å². The van der Waals surface area contributed by atoms with Gasteiger partial charge in [-0.1, -0.05) is 32.0 Å². The number of carbonyl (C=O) groups is 1. The van der Waals surface area contributed by atoms with E-state index < -0.39 is 15.9 Å². The number of benzene rings is 1. The van der Waals surface area contributed by atoms with E-state index in [-0.39, 0.29) is 36.5 Å². The number of hydrogen-bond acceptors (Lipinski definition) is 4. The predicted octanol–water partition coefficient (Wildman–Crippen LogP) is 2.49. The van der Waals surface area contributed by atoms with E-state index in [9.17, 15) is 13.2 Å². The van der Waals surface area contributed by atoms with Crippen molar-refractivity contribution in [3.63, 3.8) is 0 Å². The van der Waals surface area contributed by atoms with Crippen molar-refractivity contribution in [2.75, 3.05) is 12.0 Å². The van der Waals surface area contributed by atoms with Crippen LogP contribution in [-0.2, 0) is 21.1 Å². The molecule has 2 atom stereocenters. The summed E-state index contributed by atoms with van der Waals surface area (Å²) in [6.45, 7) is 4.30. The summed E-state index contributed by atoms with van der Waals surface area (Å²) in [5, 5.41) is 3.02. The minimum absolute atomic E-state index is 0. The predicted molar refractivity (Wildman–Crippen MR) is 104 cm³/mol. The van der Waals surface area contributed by atoms with Crippen molar-refractivity contribution < 1.29 is 13.2 Å². The number of fused-ring (bicyclic) bond motifs is 1. The number of halogens is 1. The lowest BCUT2D eigenvalue weighted by Gasteiger charge is -2.28. The van der Waals surface area contributed by atoms with Crippen LogP contribution in [0.4, 0.5) is 0 Å². The van der Waals surface area contributed by atoms with Crippen molar-refractivity contribution >= 4 is 28.2 Å². The van der Waals surface area contributed by atoms with E-state index in [1.54, 1.807) is 0 Å². The van der Waals surface area contributed by atoms with Gasteiger partial charge in [-0.05, 0) is 48.3 Å². The Morgan fingerprint density at radius 2 is 2.04 bits per heavy atom. The van der Waals surface area contributed by atoms with Crippen molar-refractivity contribution in [2.24, 2.45) is 5.73 Å². The van der Waals surface area contributed by atoms with Crippen LogP contribution in [0.5, 0.6) is 0 Å². The number of nitrogens with one attached hydrogen (secondary N) is 1. The molecule has 0 aromatic heterocycles. The second-order valence-electron chi connectivity index (χ2n) is 7.09. The van der Waals surface area contributed by atoms with E-state index in [1.165, 1.54) is 16.7 Å². The highest BCUT2D eigenvalue weighted by Gasteiger charge is 2.25. The quantitative estimate of drug-likeness (QED) is 0.783. The van der Waals surface area contributed by atoms with Crippen LogP contribution in [0.15, 0.2) is 18.2 Å². The summed E-state index contributed by atoms with van der Waals surface area (Å²) in [7, 11) is -3.11. The molecule has 0 aliphatic heterocycles. The van der Waals surface area contributed by atoms with Gasteiger partial charge in [0, 0.05) is 6.26 Å². The lowest BCUT2D eigenvalue weighted by molar-refractivity contribution is -0.123. The molecule has 0 radical (unpaired) electrons. The number of sulfone groups is 1. The molecule has 1 aromatic carbocycles. The second-order valence-corrected chi connectivity index (χ2v) is 9.35. The standard InChI is InChI=1S/C18H28N2O3S.ClH/c1-12(2)14-8-7-13-5-4-6-17(15(13)11-14)20-18(21)16(19)9-10-24(3,22)23;/h7-8,11-12,16-17H,4-6,9-10,19H2,1-3H3,(H,20,21);1H/t16?,17-;/m1./s1. The first-order valence-corrected chi connectivity index (χ1v) is 10.6. The van der Waals surface area contributed by atoms with E-state index in [1.807, 2.05) is 0 Å². The van der Waals surface area contributed by atoms with Gasteiger partial charge in [0.25, 0.3) is 0 Å². The van der Waals surface area contributed by atoms with Crippen LogP contribution in [0, 0.1) is 0 Å². The van der Waals surface area contributed by atoms with Gasteiger partial charge in [-0.2, -0.15) is 0 Å². The molecule has 0 fully saturated rings. The fourth-order valence-corrected chi connectivity index (χ4v) is 3.76. The monoisotopic (exact) mass is 388 g/mol. The molecule has 1 unspecified atom stereocenters. The number of carbonyl (C=O) groups excluding carboxylic acids is 1. The van der Waals surface area contributed by atoms with E-state index in [4.69, 9.17) is 5.73 Å². The molecule has 0 heterocycles. The molecule has 7 heteroatoms. The Bertz CT molecular complexity index is 704. The molecular formula is C18H29ClN2O3S. The lowest BCUT2D eigenvalue weighted by atomic mass is 9.85. The Balaban J connectivity index is 0.00000312. The Morgan fingerprint density at radius 1 is 1.36 bits per heavy atom. The highest BCUT2D eigenvalue weighted by molar-refractivity contribution is 7.90. The van der Waals surface area contributed by atoms with Gasteiger partial charge in [0.05, 0.1) is 17.8 Å². The van der Waals surface area contributed by atoms with Gasteiger partial charge in [-0.3, -0.25) is 4.79 Å². The Labute approximate surface area is 157 Å². The average Bonchev–Trinajstić information content (AvgIpc) is 2.51. The minimum atomic E-state index is -3.11. The van der Waals surface area contributed by atoms with Crippen LogP contribution in [0.25, 0.3) is 0 Å². The van der Waals surface area contributed by atoms with Crippen LogP contribution in [0.2, 0.25) is 0 Å². The molecule has 0 bridgehead atoms. The second kappa shape index (κ2) is 9.01. The molecule has 3 N–H and O–H groups in total. The fourth-order valence-electron chi connectivity index (χ4n) is 3.08. The largest absolute Gasteiger partial charge is 0.348 e. The minimum Gasteiger partial charge on any atom is -0.348 e. The number of amides is 1. The van der Waals surface area contributed by atoms with Crippen LogP contribution in [0.3, 0.4) is 0 Å². The van der Waals surface area contributed by atoms with Gasteiger partial charge < -0.3 is 11.1 Å². The van der Waals surface area contributed by atoms with Crippen LogP contribution in [0.1, 0.15) is 61.8 Å². The highest BCUT2D eigenvalue weighted by Crippen LogP contribution is 2.32. The van der Waals surface area contributed by atoms with Gasteiger partial charge in [0.2, 0.25) is 5.91 Å². The van der Waals surface area contributed by atoms with Gasteiger partial charge >= 0.3 is 0 Å². The van der Waals surface area contributed by atoms with Crippen LogP contribution >= 0.6 is 12.4 Å². The molecule has 1 aliphatic rings. The summed E-state index contributed by atoms with van der Waals surface area (Å²) < 4.78 is 22.5. The summed E-state index contributed by atoms with van der Waals surface area (Å²) in [6, 6.07) is 5.67. The molecular weight excluding hydrogens is 360 g/mol. The van der Waals surface area contributed by atoms with Crippen molar-refractivity contribution in [3.8, 4) is 0 Å². The van der Waals surface area contributed by atoms with Crippen molar-refractivity contribution in [1.29, 1.82) is 0 Å². The first-order chi connectivity index (χ1) is 11.2. The SMILES string of the molecule is CC(C)c1ccc2c(c1)[C@H](NC(=O)C(N)CCS(C)(=O)=O)CCC2.Cl. The molecule has 0 saturated carbocycles. The van der Waals surface area contributed by atoms with Gasteiger partial charge in [-0.15, -0.1) is 12.4 Å². The Morgan fingerprint density at radius 3 is 2.64 bits per heavy atom. The fraction of sp³-hybridized carbons (Fsp3) is 0.611. The van der Waals surface area contributed by atoms with Crippen molar-refractivity contribution in [1.82, 2.24) is 5.32 Å². The van der Waals surface area contributed by atoms with Gasteiger partial charge in [0.1, 0.15) is 9.84 Å². The smallest absolute Gasteiger partial charge is 0.237 e. The molecule has 5 nitrogen and oxygen atoms in total. The number of aryl methyl sites for hydroxylation is 1. The third-order valence-corrected chi connectivity index (χ3v) is 5.58. The maximum atomic E-state index is 12.3. The number of rotatable bonds is 6. The average molecular weight is 389 g/mol. The van der Waals surface area contributed by atoms with E-state index in [0.717, 1.165) is 25.5 Å². The summed E-state index contributed by atoms with van der Waals surface area (Å²) >= 11 is 0. The molecule has 2 rings (SSSR count). The lowest BCUT2D eigenvalue weighted by Crippen LogP contribution is -2.43.